The van der Waals surface area contributed by atoms with Gasteiger partial charge in [0.15, 0.2) is 5.76 Å². The van der Waals surface area contributed by atoms with Gasteiger partial charge in [0, 0.05) is 11.4 Å². The molecule has 0 saturated heterocycles. The third-order valence-electron chi connectivity index (χ3n) is 4.98. The quantitative estimate of drug-likeness (QED) is 0.530. The summed E-state index contributed by atoms with van der Waals surface area (Å²) >= 11 is 1.65. The molecule has 0 aliphatic heterocycles. The normalized spacial score (nSPS) is 12.8. The molecule has 0 saturated carbocycles. The first-order valence-electron chi connectivity index (χ1n) is 9.84. The van der Waals surface area contributed by atoms with Crippen molar-refractivity contribution in [2.45, 2.75) is 36.8 Å². The number of aryl methyl sites for hydroxylation is 1. The Balaban J connectivity index is 1.73. The van der Waals surface area contributed by atoms with Crippen molar-refractivity contribution in [2.75, 3.05) is 19.6 Å². The molecule has 0 bridgehead atoms. The van der Waals surface area contributed by atoms with Gasteiger partial charge in [-0.1, -0.05) is 37.6 Å². The zero-order chi connectivity index (χ0) is 21.7. The van der Waals surface area contributed by atoms with E-state index < -0.39 is 15.7 Å². The van der Waals surface area contributed by atoms with Gasteiger partial charge >= 0.3 is 0 Å². The monoisotopic (exact) mass is 446 g/mol. The third kappa shape index (κ3) is 4.83. The summed E-state index contributed by atoms with van der Waals surface area (Å²) in [5.74, 6) is -0.459. The predicted molar refractivity (Wildman–Crippen MR) is 118 cm³/mol. The largest absolute Gasteiger partial charge is 0.439 e. The Morgan fingerprint density at radius 2 is 1.80 bits per heavy atom. The highest BCUT2D eigenvalue weighted by molar-refractivity contribution is 7.91. The second-order valence-electron chi connectivity index (χ2n) is 6.90. The lowest BCUT2D eigenvalue weighted by atomic mass is 10.2. The van der Waals surface area contributed by atoms with Crippen LogP contribution in [-0.4, -0.2) is 38.9 Å². The Morgan fingerprint density at radius 1 is 1.10 bits per heavy atom. The van der Waals surface area contributed by atoms with Crippen LogP contribution in [0.3, 0.4) is 0 Å². The predicted octanol–water partition coefficient (Wildman–Crippen LogP) is 4.30. The van der Waals surface area contributed by atoms with Crippen LogP contribution in [0.25, 0.3) is 0 Å². The summed E-state index contributed by atoms with van der Waals surface area (Å²) in [5.41, 5.74) is 0.960. The van der Waals surface area contributed by atoms with E-state index in [2.05, 4.69) is 30.1 Å². The number of furan rings is 1. The van der Waals surface area contributed by atoms with Crippen LogP contribution in [0, 0.1) is 6.92 Å². The highest BCUT2D eigenvalue weighted by Gasteiger charge is 2.25. The lowest BCUT2D eigenvalue weighted by molar-refractivity contribution is 0.0902. The van der Waals surface area contributed by atoms with Gasteiger partial charge in [-0.05, 0) is 55.7 Å². The second kappa shape index (κ2) is 9.59. The van der Waals surface area contributed by atoms with Crippen LogP contribution in [0.5, 0.6) is 0 Å². The van der Waals surface area contributed by atoms with E-state index in [0.29, 0.717) is 6.54 Å². The molecule has 0 spiro atoms. The molecule has 1 aromatic carbocycles. The second-order valence-corrected chi connectivity index (χ2v) is 9.76. The number of hydrogen-bond donors (Lipinski definition) is 1. The minimum Gasteiger partial charge on any atom is -0.439 e. The van der Waals surface area contributed by atoms with Gasteiger partial charge in [0.2, 0.25) is 14.9 Å². The van der Waals surface area contributed by atoms with Gasteiger partial charge in [-0.2, -0.15) is 0 Å². The highest BCUT2D eigenvalue weighted by atomic mass is 32.2. The maximum absolute atomic E-state index is 12.7. The summed E-state index contributed by atoms with van der Waals surface area (Å²) in [7, 11) is -3.81. The molecule has 30 heavy (non-hydrogen) atoms. The molecular formula is C22H26N2O4S2. The van der Waals surface area contributed by atoms with Crippen LogP contribution in [0.2, 0.25) is 0 Å². The number of amides is 1. The maximum Gasteiger partial charge on any atom is 0.287 e. The average Bonchev–Trinajstić information content (AvgIpc) is 3.44. The summed E-state index contributed by atoms with van der Waals surface area (Å²) in [6.07, 6.45) is 0. The van der Waals surface area contributed by atoms with E-state index in [1.807, 2.05) is 18.4 Å². The van der Waals surface area contributed by atoms with Gasteiger partial charge < -0.3 is 9.73 Å². The molecule has 1 N–H and O–H groups in total. The van der Waals surface area contributed by atoms with Gasteiger partial charge in [0.1, 0.15) is 0 Å². The fourth-order valence-electron chi connectivity index (χ4n) is 3.25. The number of likely N-dealkylation sites (N-methyl/N-ethyl adjacent to an activating group) is 1. The van der Waals surface area contributed by atoms with Crippen molar-refractivity contribution in [2.24, 2.45) is 0 Å². The fraction of sp³-hybridized carbons (Fsp3) is 0.318. The fourth-order valence-corrected chi connectivity index (χ4v) is 5.29. The third-order valence-corrected chi connectivity index (χ3v) is 7.60. The van der Waals surface area contributed by atoms with E-state index in [0.717, 1.165) is 18.7 Å². The van der Waals surface area contributed by atoms with Crippen LogP contribution in [0.1, 0.15) is 40.9 Å². The van der Waals surface area contributed by atoms with E-state index >= 15 is 0 Å². The Kier molecular flexibility index (Phi) is 7.12. The number of carbonyl (C=O) groups excluding carboxylic acids is 1. The Labute approximate surface area is 181 Å². The Bertz CT molecular complexity index is 1070. The number of nitrogens with zero attached hydrogens (tertiary/aromatic N) is 1. The minimum absolute atomic E-state index is 0.0230. The Morgan fingerprint density at radius 3 is 2.40 bits per heavy atom. The molecule has 1 unspecified atom stereocenters. The van der Waals surface area contributed by atoms with Crippen molar-refractivity contribution in [1.82, 2.24) is 10.2 Å². The van der Waals surface area contributed by atoms with E-state index in [9.17, 15) is 13.2 Å². The highest BCUT2D eigenvalue weighted by Crippen LogP contribution is 2.25. The lowest BCUT2D eigenvalue weighted by Gasteiger charge is -2.29. The first-order valence-corrected chi connectivity index (χ1v) is 12.2. The van der Waals surface area contributed by atoms with Crippen LogP contribution < -0.4 is 5.32 Å². The first-order chi connectivity index (χ1) is 14.4. The standard InChI is InChI=1S/C22H26N2O4S2/c1-4-24(5-2)18(20-7-6-14-29-20)15-23-22(25)19-12-13-21(28-19)30(26,27)17-10-8-16(3)9-11-17/h6-14,18H,4-5,15H2,1-3H3,(H,23,25). The number of benzene rings is 1. The molecular weight excluding hydrogens is 420 g/mol. The van der Waals surface area contributed by atoms with Crippen LogP contribution in [0.4, 0.5) is 0 Å². The summed E-state index contributed by atoms with van der Waals surface area (Å²) in [6.45, 7) is 8.17. The van der Waals surface area contributed by atoms with Crippen molar-refractivity contribution in [3.05, 3.63) is 70.1 Å². The molecule has 2 heterocycles. The van der Waals surface area contributed by atoms with Crippen molar-refractivity contribution in [3.63, 3.8) is 0 Å². The van der Waals surface area contributed by atoms with Gasteiger partial charge in [0.05, 0.1) is 10.9 Å². The van der Waals surface area contributed by atoms with E-state index in [4.69, 9.17) is 4.42 Å². The minimum atomic E-state index is -3.81. The van der Waals surface area contributed by atoms with Crippen LogP contribution in [-0.2, 0) is 9.84 Å². The van der Waals surface area contributed by atoms with Crippen LogP contribution in [0.15, 0.2) is 68.3 Å². The number of sulfone groups is 1. The zero-order valence-corrected chi connectivity index (χ0v) is 18.9. The molecule has 160 valence electrons. The molecule has 2 aromatic heterocycles. The molecule has 8 heteroatoms. The molecule has 0 radical (unpaired) electrons. The molecule has 0 aliphatic rings. The van der Waals surface area contributed by atoms with E-state index in [1.165, 1.54) is 29.1 Å². The van der Waals surface area contributed by atoms with Gasteiger partial charge in [-0.25, -0.2) is 8.42 Å². The number of carbonyl (C=O) groups is 1. The van der Waals surface area contributed by atoms with Crippen molar-refractivity contribution in [1.29, 1.82) is 0 Å². The number of rotatable bonds is 9. The van der Waals surface area contributed by atoms with Crippen molar-refractivity contribution < 1.29 is 17.6 Å². The van der Waals surface area contributed by atoms with E-state index in [-0.39, 0.29) is 21.8 Å². The van der Waals surface area contributed by atoms with Gasteiger partial charge in [-0.15, -0.1) is 11.3 Å². The molecule has 1 atom stereocenters. The topological polar surface area (TPSA) is 79.6 Å². The average molecular weight is 447 g/mol. The molecule has 3 rings (SSSR count). The lowest BCUT2D eigenvalue weighted by Crippen LogP contribution is -2.37. The molecule has 3 aromatic rings. The zero-order valence-electron chi connectivity index (χ0n) is 17.3. The molecule has 6 nitrogen and oxygen atoms in total. The first kappa shape index (κ1) is 22.3. The van der Waals surface area contributed by atoms with E-state index in [1.54, 1.807) is 23.5 Å². The summed E-state index contributed by atoms with van der Waals surface area (Å²) < 4.78 is 30.9. The summed E-state index contributed by atoms with van der Waals surface area (Å²) in [4.78, 5) is 16.2. The van der Waals surface area contributed by atoms with Gasteiger partial charge in [0.25, 0.3) is 5.91 Å². The molecule has 0 aliphatic carbocycles. The number of nitrogens with one attached hydrogen (secondary N) is 1. The molecule has 0 fully saturated rings. The number of thiophene rings is 1. The SMILES string of the molecule is CCN(CC)C(CNC(=O)c1ccc(S(=O)(=O)c2ccc(C)cc2)o1)c1cccs1. The smallest absolute Gasteiger partial charge is 0.287 e. The van der Waals surface area contributed by atoms with Crippen molar-refractivity contribution >= 4 is 27.1 Å². The maximum atomic E-state index is 12.7. The molecule has 1 amide bonds. The Hall–Kier alpha value is -2.42. The number of hydrogen-bond acceptors (Lipinski definition) is 6. The summed E-state index contributed by atoms with van der Waals surface area (Å²) in [6, 6.07) is 13.3. The van der Waals surface area contributed by atoms with Gasteiger partial charge in [-0.3, -0.25) is 9.69 Å². The van der Waals surface area contributed by atoms with Crippen molar-refractivity contribution in [3.8, 4) is 0 Å². The van der Waals surface area contributed by atoms with Crippen LogP contribution >= 0.6 is 11.3 Å². The summed E-state index contributed by atoms with van der Waals surface area (Å²) in [5, 5.41) is 4.66.